The van der Waals surface area contributed by atoms with E-state index in [0.29, 0.717) is 0 Å². The van der Waals surface area contributed by atoms with Gasteiger partial charge in [0.15, 0.2) is 0 Å². The lowest BCUT2D eigenvalue weighted by molar-refractivity contribution is 0.378. The third kappa shape index (κ3) is 1.94. The van der Waals surface area contributed by atoms with Crippen LogP contribution in [0.5, 0.6) is 0 Å². The highest BCUT2D eigenvalue weighted by Crippen LogP contribution is 2.28. The molecule has 0 saturated carbocycles. The molecule has 0 aromatic heterocycles. The number of benzene rings is 1. The standard InChI is InChI=1S/C14H20N2/c1-2-6-14-13(5-1)7-9-16(14)11-12-4-3-8-15-10-12/h1-2,5-6,12,15H,3-4,7-11H2. The van der Waals surface area contributed by atoms with E-state index in [1.165, 1.54) is 56.7 Å². The van der Waals surface area contributed by atoms with Gasteiger partial charge in [-0.2, -0.15) is 0 Å². The van der Waals surface area contributed by atoms with Crippen molar-refractivity contribution in [3.63, 3.8) is 0 Å². The fraction of sp³-hybridized carbons (Fsp3) is 0.571. The van der Waals surface area contributed by atoms with E-state index in [4.69, 9.17) is 0 Å². The second-order valence-corrected chi connectivity index (χ2v) is 5.04. The van der Waals surface area contributed by atoms with Crippen LogP contribution in [0.15, 0.2) is 24.3 Å². The average molecular weight is 216 g/mol. The Morgan fingerprint density at radius 2 is 2.25 bits per heavy atom. The average Bonchev–Trinajstić information content (AvgIpc) is 2.74. The lowest BCUT2D eigenvalue weighted by Gasteiger charge is -2.29. The van der Waals surface area contributed by atoms with Gasteiger partial charge in [-0.25, -0.2) is 0 Å². The Balaban J connectivity index is 1.68. The summed E-state index contributed by atoms with van der Waals surface area (Å²) in [6.45, 7) is 4.88. The van der Waals surface area contributed by atoms with Gasteiger partial charge in [-0.05, 0) is 49.9 Å². The minimum atomic E-state index is 0.847. The Bertz CT molecular complexity index is 356. The van der Waals surface area contributed by atoms with Crippen LogP contribution in [0.3, 0.4) is 0 Å². The second kappa shape index (κ2) is 4.46. The monoisotopic (exact) mass is 216 g/mol. The fourth-order valence-corrected chi connectivity index (χ4v) is 2.99. The zero-order valence-electron chi connectivity index (χ0n) is 9.78. The van der Waals surface area contributed by atoms with Gasteiger partial charge in [0.25, 0.3) is 0 Å². The summed E-state index contributed by atoms with van der Waals surface area (Å²) in [7, 11) is 0. The summed E-state index contributed by atoms with van der Waals surface area (Å²) in [5.74, 6) is 0.847. The zero-order valence-corrected chi connectivity index (χ0v) is 9.78. The van der Waals surface area contributed by atoms with Crippen molar-refractivity contribution in [2.75, 3.05) is 31.1 Å². The highest BCUT2D eigenvalue weighted by molar-refractivity contribution is 5.57. The van der Waals surface area contributed by atoms with E-state index < -0.39 is 0 Å². The van der Waals surface area contributed by atoms with Gasteiger partial charge in [0.2, 0.25) is 0 Å². The molecule has 0 amide bonds. The van der Waals surface area contributed by atoms with Gasteiger partial charge in [-0.3, -0.25) is 0 Å². The van der Waals surface area contributed by atoms with Gasteiger partial charge in [0, 0.05) is 18.8 Å². The number of hydrogen-bond donors (Lipinski definition) is 1. The first kappa shape index (κ1) is 10.2. The molecule has 1 saturated heterocycles. The van der Waals surface area contributed by atoms with E-state index in [-0.39, 0.29) is 0 Å². The highest BCUT2D eigenvalue weighted by atomic mass is 15.2. The highest BCUT2D eigenvalue weighted by Gasteiger charge is 2.22. The Morgan fingerprint density at radius 1 is 1.31 bits per heavy atom. The molecule has 0 radical (unpaired) electrons. The van der Waals surface area contributed by atoms with Crippen molar-refractivity contribution < 1.29 is 0 Å². The van der Waals surface area contributed by atoms with Crippen LogP contribution >= 0.6 is 0 Å². The molecule has 2 nitrogen and oxygen atoms in total. The van der Waals surface area contributed by atoms with Crippen LogP contribution in [0.4, 0.5) is 5.69 Å². The third-order valence-corrected chi connectivity index (χ3v) is 3.86. The van der Waals surface area contributed by atoms with Gasteiger partial charge < -0.3 is 10.2 Å². The number of piperidine rings is 1. The van der Waals surface area contributed by atoms with Gasteiger partial charge in [0.1, 0.15) is 0 Å². The van der Waals surface area contributed by atoms with E-state index in [1.54, 1.807) is 0 Å². The van der Waals surface area contributed by atoms with Crippen LogP contribution in [0.1, 0.15) is 18.4 Å². The summed E-state index contributed by atoms with van der Waals surface area (Å²) < 4.78 is 0. The minimum Gasteiger partial charge on any atom is -0.371 e. The molecule has 1 unspecified atom stereocenters. The first-order chi connectivity index (χ1) is 7.93. The quantitative estimate of drug-likeness (QED) is 0.814. The predicted octanol–water partition coefficient (Wildman–Crippen LogP) is 2.05. The first-order valence-electron chi connectivity index (χ1n) is 6.47. The SMILES string of the molecule is c1ccc2c(c1)CCN2CC1CCCNC1. The molecule has 1 fully saturated rings. The molecule has 1 atom stereocenters. The summed E-state index contributed by atoms with van der Waals surface area (Å²) in [5.41, 5.74) is 3.01. The molecule has 0 bridgehead atoms. The number of nitrogens with zero attached hydrogens (tertiary/aromatic N) is 1. The summed E-state index contributed by atoms with van der Waals surface area (Å²) in [6, 6.07) is 8.87. The predicted molar refractivity (Wildman–Crippen MR) is 68.0 cm³/mol. The van der Waals surface area contributed by atoms with E-state index in [9.17, 15) is 0 Å². The Morgan fingerprint density at radius 3 is 3.12 bits per heavy atom. The van der Waals surface area contributed by atoms with Crippen LogP contribution in [0, 0.1) is 5.92 Å². The molecule has 1 N–H and O–H groups in total. The van der Waals surface area contributed by atoms with E-state index >= 15 is 0 Å². The summed E-state index contributed by atoms with van der Waals surface area (Å²) in [5, 5.41) is 3.51. The largest absolute Gasteiger partial charge is 0.371 e. The summed E-state index contributed by atoms with van der Waals surface area (Å²) >= 11 is 0. The summed E-state index contributed by atoms with van der Waals surface area (Å²) in [4.78, 5) is 2.58. The maximum atomic E-state index is 3.51. The molecule has 2 heteroatoms. The molecule has 0 aliphatic carbocycles. The topological polar surface area (TPSA) is 15.3 Å². The van der Waals surface area contributed by atoms with Gasteiger partial charge >= 0.3 is 0 Å². The van der Waals surface area contributed by atoms with Crippen molar-refractivity contribution in [1.82, 2.24) is 5.32 Å². The fourth-order valence-electron chi connectivity index (χ4n) is 2.99. The number of hydrogen-bond acceptors (Lipinski definition) is 2. The van der Waals surface area contributed by atoms with Crippen molar-refractivity contribution in [1.29, 1.82) is 0 Å². The number of fused-ring (bicyclic) bond motifs is 1. The third-order valence-electron chi connectivity index (χ3n) is 3.86. The molecule has 2 aliphatic heterocycles. The van der Waals surface area contributed by atoms with Crippen LogP contribution in [-0.4, -0.2) is 26.2 Å². The molecule has 2 aliphatic rings. The molecule has 86 valence electrons. The van der Waals surface area contributed by atoms with Crippen LogP contribution < -0.4 is 10.2 Å². The first-order valence-corrected chi connectivity index (χ1v) is 6.47. The molecule has 1 aromatic rings. The lowest BCUT2D eigenvalue weighted by atomic mass is 9.99. The van der Waals surface area contributed by atoms with Crippen LogP contribution in [0.2, 0.25) is 0 Å². The van der Waals surface area contributed by atoms with Crippen molar-refractivity contribution in [2.45, 2.75) is 19.3 Å². The Labute approximate surface area is 97.6 Å². The lowest BCUT2D eigenvalue weighted by Crippen LogP contribution is -2.37. The van der Waals surface area contributed by atoms with E-state index in [2.05, 4.69) is 34.5 Å². The van der Waals surface area contributed by atoms with Crippen molar-refractivity contribution in [2.24, 2.45) is 5.92 Å². The maximum absolute atomic E-state index is 3.51. The molecule has 16 heavy (non-hydrogen) atoms. The molecule has 0 spiro atoms. The molecule has 2 heterocycles. The van der Waals surface area contributed by atoms with Crippen molar-refractivity contribution in [3.8, 4) is 0 Å². The number of rotatable bonds is 2. The Hall–Kier alpha value is -1.02. The Kier molecular flexibility index (Phi) is 2.83. The normalized spacial score (nSPS) is 24.5. The van der Waals surface area contributed by atoms with E-state index in [1.807, 2.05) is 0 Å². The minimum absolute atomic E-state index is 0.847. The van der Waals surface area contributed by atoms with Gasteiger partial charge in [0.05, 0.1) is 0 Å². The van der Waals surface area contributed by atoms with Crippen molar-refractivity contribution >= 4 is 5.69 Å². The molecular weight excluding hydrogens is 196 g/mol. The van der Waals surface area contributed by atoms with Crippen molar-refractivity contribution in [3.05, 3.63) is 29.8 Å². The molecular formula is C14H20N2. The zero-order chi connectivity index (χ0) is 10.8. The smallest absolute Gasteiger partial charge is 0.0399 e. The second-order valence-electron chi connectivity index (χ2n) is 5.04. The maximum Gasteiger partial charge on any atom is 0.0399 e. The molecule has 3 rings (SSSR count). The number of nitrogens with one attached hydrogen (secondary N) is 1. The van der Waals surface area contributed by atoms with E-state index in [0.717, 1.165) is 5.92 Å². The molecule has 1 aromatic carbocycles. The van der Waals surface area contributed by atoms with Crippen LogP contribution in [0.25, 0.3) is 0 Å². The summed E-state index contributed by atoms with van der Waals surface area (Å²) in [6.07, 6.45) is 3.97. The van der Waals surface area contributed by atoms with Gasteiger partial charge in [-0.1, -0.05) is 18.2 Å². The van der Waals surface area contributed by atoms with Crippen LogP contribution in [-0.2, 0) is 6.42 Å². The number of anilines is 1. The van der Waals surface area contributed by atoms with Gasteiger partial charge in [-0.15, -0.1) is 0 Å². The number of para-hydroxylation sites is 1.